The molecule has 2 fully saturated rings. The molecule has 2 saturated heterocycles. The van der Waals surface area contributed by atoms with Crippen molar-refractivity contribution in [3.05, 3.63) is 70.7 Å². The predicted molar refractivity (Wildman–Crippen MR) is 160 cm³/mol. The third-order valence-electron chi connectivity index (χ3n) is 9.24. The van der Waals surface area contributed by atoms with E-state index in [-0.39, 0.29) is 5.91 Å². The van der Waals surface area contributed by atoms with Crippen LogP contribution < -0.4 is 10.2 Å². The molecule has 3 heterocycles. The van der Waals surface area contributed by atoms with Crippen molar-refractivity contribution in [1.29, 1.82) is 0 Å². The van der Waals surface area contributed by atoms with Crippen molar-refractivity contribution in [1.82, 2.24) is 20.3 Å². The first-order valence-corrected chi connectivity index (χ1v) is 15.4. The fraction of sp³-hybridized carbons (Fsp3) is 0.515. The minimum absolute atomic E-state index is 0.357. The van der Waals surface area contributed by atoms with Crippen LogP contribution in [0.5, 0.6) is 5.75 Å². The second-order valence-electron chi connectivity index (χ2n) is 11.9. The smallest absolute Gasteiger partial charge is 0.249 e. The number of carbonyl (C=O) groups is 1. The zero-order chi connectivity index (χ0) is 31.1. The van der Waals surface area contributed by atoms with E-state index < -0.39 is 22.9 Å². The zero-order valence-corrected chi connectivity index (χ0v) is 25.2. The average Bonchev–Trinajstić information content (AvgIpc) is 3.05. The number of carbonyl (C=O) groups excluding carboxylic acids is 1. The molecule has 8 nitrogen and oxygen atoms in total. The molecule has 5 rings (SSSR count). The maximum atomic E-state index is 13.6. The van der Waals surface area contributed by atoms with Crippen molar-refractivity contribution in [2.45, 2.75) is 51.5 Å². The number of morpholine rings is 1. The fourth-order valence-electron chi connectivity index (χ4n) is 6.60. The number of hydroxylamine groups is 1. The van der Waals surface area contributed by atoms with E-state index in [0.29, 0.717) is 70.5 Å². The highest BCUT2D eigenvalue weighted by Gasteiger charge is 2.40. The number of aromatic nitrogens is 1. The number of hydrogen-bond donors (Lipinski definition) is 2. The summed E-state index contributed by atoms with van der Waals surface area (Å²) in [6.07, 6.45) is 6.32. The second kappa shape index (κ2) is 14.7. The standard InChI is InChI=1S/C33H41F3N4O4/c1-43-25-6-7-30-27(20-25)26(24(21-37-30)22-40-14-16-44-17-15-40)5-2-8-33(32(41)38-42)9-12-39(13-10-33)11-3-4-23-18-28(34)31(36)29(35)19-23/h6-7,18-21,42H,2-5,8-17,22H2,1H3,(H,38,41). The van der Waals surface area contributed by atoms with Crippen LogP contribution in [0.2, 0.25) is 0 Å². The van der Waals surface area contributed by atoms with Crippen molar-refractivity contribution in [2.75, 3.05) is 53.0 Å². The van der Waals surface area contributed by atoms with Gasteiger partial charge in [-0.05, 0) is 112 Å². The molecule has 0 aliphatic carbocycles. The van der Waals surface area contributed by atoms with Gasteiger partial charge in [-0.25, -0.2) is 18.7 Å². The third-order valence-corrected chi connectivity index (χ3v) is 9.24. The summed E-state index contributed by atoms with van der Waals surface area (Å²) < 4.78 is 51.5. The predicted octanol–water partition coefficient (Wildman–Crippen LogP) is 5.04. The number of aryl methyl sites for hydroxylation is 2. The molecule has 238 valence electrons. The number of fused-ring (bicyclic) bond motifs is 1. The van der Waals surface area contributed by atoms with Gasteiger partial charge in [-0.15, -0.1) is 0 Å². The van der Waals surface area contributed by atoms with Crippen molar-refractivity contribution >= 4 is 16.8 Å². The van der Waals surface area contributed by atoms with Gasteiger partial charge in [0.2, 0.25) is 5.91 Å². The zero-order valence-electron chi connectivity index (χ0n) is 25.2. The van der Waals surface area contributed by atoms with Crippen LogP contribution in [0.4, 0.5) is 13.2 Å². The first-order valence-electron chi connectivity index (χ1n) is 15.4. The molecule has 2 N–H and O–H groups in total. The van der Waals surface area contributed by atoms with Gasteiger partial charge in [-0.2, -0.15) is 0 Å². The van der Waals surface area contributed by atoms with Crippen LogP contribution in [0.25, 0.3) is 10.9 Å². The fourth-order valence-corrected chi connectivity index (χ4v) is 6.60. The maximum absolute atomic E-state index is 13.6. The number of pyridine rings is 1. The van der Waals surface area contributed by atoms with Gasteiger partial charge in [-0.3, -0.25) is 19.9 Å². The Morgan fingerprint density at radius 3 is 2.43 bits per heavy atom. The molecule has 44 heavy (non-hydrogen) atoms. The molecular formula is C33H41F3N4O4. The highest BCUT2D eigenvalue weighted by atomic mass is 19.2. The Morgan fingerprint density at radius 2 is 1.75 bits per heavy atom. The van der Waals surface area contributed by atoms with Gasteiger partial charge in [-0.1, -0.05) is 0 Å². The molecule has 3 aromatic rings. The van der Waals surface area contributed by atoms with Gasteiger partial charge in [0.1, 0.15) is 5.75 Å². The molecule has 2 aliphatic rings. The molecular weight excluding hydrogens is 573 g/mol. The minimum atomic E-state index is -1.45. The van der Waals surface area contributed by atoms with Gasteiger partial charge < -0.3 is 14.4 Å². The second-order valence-corrected chi connectivity index (χ2v) is 11.9. The van der Waals surface area contributed by atoms with E-state index in [4.69, 9.17) is 14.5 Å². The van der Waals surface area contributed by atoms with Crippen LogP contribution >= 0.6 is 0 Å². The Morgan fingerprint density at radius 1 is 1.02 bits per heavy atom. The number of ether oxygens (including phenoxy) is 2. The highest BCUT2D eigenvalue weighted by molar-refractivity contribution is 5.85. The van der Waals surface area contributed by atoms with Crippen LogP contribution in [0.15, 0.2) is 36.5 Å². The van der Waals surface area contributed by atoms with Gasteiger partial charge in [0, 0.05) is 31.2 Å². The molecule has 0 saturated carbocycles. The van der Waals surface area contributed by atoms with E-state index in [0.717, 1.165) is 66.8 Å². The number of nitrogens with zero attached hydrogens (tertiary/aromatic N) is 3. The van der Waals surface area contributed by atoms with E-state index in [2.05, 4.69) is 9.80 Å². The maximum Gasteiger partial charge on any atom is 0.249 e. The van der Waals surface area contributed by atoms with E-state index in [1.807, 2.05) is 29.9 Å². The Hall–Kier alpha value is -3.25. The molecule has 0 atom stereocenters. The van der Waals surface area contributed by atoms with Crippen molar-refractivity contribution in [2.24, 2.45) is 5.41 Å². The Kier molecular flexibility index (Phi) is 10.7. The molecule has 1 aromatic heterocycles. The summed E-state index contributed by atoms with van der Waals surface area (Å²) in [6, 6.07) is 7.99. The quantitative estimate of drug-likeness (QED) is 0.168. The largest absolute Gasteiger partial charge is 0.497 e. The van der Waals surface area contributed by atoms with Crippen LogP contribution in [-0.2, 0) is 28.9 Å². The average molecular weight is 615 g/mol. The van der Waals surface area contributed by atoms with Gasteiger partial charge >= 0.3 is 0 Å². The Labute approximate surface area is 256 Å². The summed E-state index contributed by atoms with van der Waals surface area (Å²) in [6.45, 7) is 5.94. The topological polar surface area (TPSA) is 87.2 Å². The number of nitrogens with one attached hydrogen (secondary N) is 1. The van der Waals surface area contributed by atoms with Gasteiger partial charge in [0.25, 0.3) is 0 Å². The van der Waals surface area contributed by atoms with Crippen LogP contribution in [0.1, 0.15) is 48.8 Å². The van der Waals surface area contributed by atoms with E-state index in [1.165, 1.54) is 5.56 Å². The number of piperidine rings is 1. The van der Waals surface area contributed by atoms with Crippen LogP contribution in [-0.4, -0.2) is 78.9 Å². The lowest BCUT2D eigenvalue weighted by molar-refractivity contribution is -0.143. The first kappa shape index (κ1) is 32.2. The number of benzene rings is 2. The molecule has 2 aromatic carbocycles. The lowest BCUT2D eigenvalue weighted by Gasteiger charge is -2.40. The summed E-state index contributed by atoms with van der Waals surface area (Å²) in [5, 5.41) is 10.7. The Bertz CT molecular complexity index is 1420. The lowest BCUT2D eigenvalue weighted by atomic mass is 9.73. The molecule has 0 spiro atoms. The highest BCUT2D eigenvalue weighted by Crippen LogP contribution is 2.38. The van der Waals surface area contributed by atoms with Crippen molar-refractivity contribution < 1.29 is 32.6 Å². The lowest BCUT2D eigenvalue weighted by Crippen LogP contribution is -2.48. The minimum Gasteiger partial charge on any atom is -0.497 e. The molecule has 11 heteroatoms. The SMILES string of the molecule is COc1ccc2ncc(CN3CCOCC3)c(CCCC3(C(=O)NO)CCN(CCCc4cc(F)c(F)c(F)c4)CC3)c2c1. The monoisotopic (exact) mass is 614 g/mol. The third kappa shape index (κ3) is 7.51. The van der Waals surface area contributed by atoms with Gasteiger partial charge in [0.15, 0.2) is 17.5 Å². The molecule has 2 aliphatic heterocycles. The number of hydrogen-bond acceptors (Lipinski definition) is 7. The number of methoxy groups -OCH3 is 1. The van der Waals surface area contributed by atoms with Crippen molar-refractivity contribution in [3.8, 4) is 5.75 Å². The summed E-state index contributed by atoms with van der Waals surface area (Å²) in [4.78, 5) is 22.4. The summed E-state index contributed by atoms with van der Waals surface area (Å²) in [7, 11) is 1.65. The Balaban J connectivity index is 1.23. The number of likely N-dealkylation sites (tertiary alicyclic amines) is 1. The van der Waals surface area contributed by atoms with Crippen LogP contribution in [0.3, 0.4) is 0 Å². The van der Waals surface area contributed by atoms with E-state index >= 15 is 0 Å². The van der Waals surface area contributed by atoms with E-state index in [9.17, 15) is 23.2 Å². The van der Waals surface area contributed by atoms with Crippen molar-refractivity contribution in [3.63, 3.8) is 0 Å². The first-order chi connectivity index (χ1) is 21.3. The molecule has 0 radical (unpaired) electrons. The molecule has 0 bridgehead atoms. The number of halogens is 3. The van der Waals surface area contributed by atoms with Crippen LogP contribution in [0, 0.1) is 22.9 Å². The summed E-state index contributed by atoms with van der Waals surface area (Å²) >= 11 is 0. The molecule has 0 unspecified atom stereocenters. The molecule has 1 amide bonds. The summed E-state index contributed by atoms with van der Waals surface area (Å²) in [5.74, 6) is -3.39. The normalized spacial score (nSPS) is 17.6. The van der Waals surface area contributed by atoms with E-state index in [1.54, 1.807) is 7.11 Å². The number of amides is 1. The van der Waals surface area contributed by atoms with Gasteiger partial charge in [0.05, 0.1) is 31.3 Å². The number of rotatable bonds is 12. The summed E-state index contributed by atoms with van der Waals surface area (Å²) in [5.41, 5.74) is 4.90.